The third-order valence-corrected chi connectivity index (χ3v) is 2.55. The minimum absolute atomic E-state index is 0.583. The van der Waals surface area contributed by atoms with Crippen LogP contribution < -0.4 is 5.73 Å². The maximum absolute atomic E-state index is 5.55. The van der Waals surface area contributed by atoms with E-state index in [1.54, 1.807) is 0 Å². The van der Waals surface area contributed by atoms with Crippen molar-refractivity contribution in [1.29, 1.82) is 0 Å². The number of nitrogens with two attached hydrogens (primary N) is 1. The van der Waals surface area contributed by atoms with Crippen LogP contribution in [-0.4, -0.2) is 26.4 Å². The highest BCUT2D eigenvalue weighted by Crippen LogP contribution is 2.06. The van der Waals surface area contributed by atoms with Gasteiger partial charge in [0.05, 0.1) is 19.8 Å². The van der Waals surface area contributed by atoms with Crippen LogP contribution in [0, 0.1) is 5.92 Å². The van der Waals surface area contributed by atoms with E-state index in [9.17, 15) is 0 Å². The quantitative estimate of drug-likeness (QED) is 0.685. The van der Waals surface area contributed by atoms with Crippen LogP contribution in [0.15, 0.2) is 24.3 Å². The highest BCUT2D eigenvalue weighted by Gasteiger charge is 1.96. The van der Waals surface area contributed by atoms with Crippen LogP contribution in [0.5, 0.6) is 0 Å². The lowest BCUT2D eigenvalue weighted by molar-refractivity contribution is 0.0314. The molecule has 1 aromatic rings. The van der Waals surface area contributed by atoms with Gasteiger partial charge < -0.3 is 15.2 Å². The molecule has 0 bridgehead atoms. The van der Waals surface area contributed by atoms with E-state index < -0.39 is 0 Å². The molecule has 0 heterocycles. The highest BCUT2D eigenvalue weighted by molar-refractivity contribution is 5.22. The summed E-state index contributed by atoms with van der Waals surface area (Å²) in [6.07, 6.45) is 0.935. The fraction of sp³-hybridized carbons (Fsp3) is 0.600. The predicted octanol–water partition coefficient (Wildman–Crippen LogP) is 2.38. The van der Waals surface area contributed by atoms with Gasteiger partial charge in [0, 0.05) is 6.61 Å². The molecule has 102 valence electrons. The SMILES string of the molecule is CC(C)COCCOCc1ccc(CCN)cc1. The van der Waals surface area contributed by atoms with Crippen LogP contribution in [0.2, 0.25) is 0 Å². The zero-order chi connectivity index (χ0) is 13.2. The molecule has 0 radical (unpaired) electrons. The van der Waals surface area contributed by atoms with E-state index in [-0.39, 0.29) is 0 Å². The second kappa shape index (κ2) is 9.09. The van der Waals surface area contributed by atoms with E-state index in [2.05, 4.69) is 38.1 Å². The third-order valence-electron chi connectivity index (χ3n) is 2.55. The van der Waals surface area contributed by atoms with Gasteiger partial charge in [0.25, 0.3) is 0 Å². The van der Waals surface area contributed by atoms with E-state index in [0.717, 1.165) is 13.0 Å². The van der Waals surface area contributed by atoms with E-state index in [0.29, 0.717) is 32.3 Å². The highest BCUT2D eigenvalue weighted by atomic mass is 16.5. The summed E-state index contributed by atoms with van der Waals surface area (Å²) < 4.78 is 11.0. The van der Waals surface area contributed by atoms with Crippen LogP contribution in [0.25, 0.3) is 0 Å². The second-order valence-corrected chi connectivity index (χ2v) is 4.88. The van der Waals surface area contributed by atoms with Gasteiger partial charge in [0.2, 0.25) is 0 Å². The standard InChI is InChI=1S/C15H25NO2/c1-13(2)11-17-9-10-18-12-15-5-3-14(4-6-15)7-8-16/h3-6,13H,7-12,16H2,1-2H3. The summed E-state index contributed by atoms with van der Waals surface area (Å²) >= 11 is 0. The fourth-order valence-corrected chi connectivity index (χ4v) is 1.60. The lowest BCUT2D eigenvalue weighted by Crippen LogP contribution is -2.08. The van der Waals surface area contributed by atoms with Gasteiger partial charge in [-0.1, -0.05) is 38.1 Å². The Balaban J connectivity index is 2.11. The average Bonchev–Trinajstić information content (AvgIpc) is 2.35. The molecule has 0 amide bonds. The van der Waals surface area contributed by atoms with Crippen LogP contribution in [0.4, 0.5) is 0 Å². The first kappa shape index (κ1) is 15.2. The third kappa shape index (κ3) is 6.74. The topological polar surface area (TPSA) is 44.5 Å². The Kier molecular flexibility index (Phi) is 7.65. The van der Waals surface area contributed by atoms with Crippen LogP contribution in [0.3, 0.4) is 0 Å². The Morgan fingerprint density at radius 2 is 1.61 bits per heavy atom. The second-order valence-electron chi connectivity index (χ2n) is 4.88. The number of ether oxygens (including phenoxy) is 2. The average molecular weight is 251 g/mol. The maximum atomic E-state index is 5.55. The summed E-state index contributed by atoms with van der Waals surface area (Å²) in [6.45, 7) is 7.75. The summed E-state index contributed by atoms with van der Waals surface area (Å²) in [5.74, 6) is 0.583. The monoisotopic (exact) mass is 251 g/mol. The van der Waals surface area contributed by atoms with Gasteiger partial charge in [-0.15, -0.1) is 0 Å². The molecule has 0 atom stereocenters. The van der Waals surface area contributed by atoms with Crippen molar-refractivity contribution in [2.45, 2.75) is 26.9 Å². The Hall–Kier alpha value is -0.900. The molecular weight excluding hydrogens is 226 g/mol. The van der Waals surface area contributed by atoms with Crippen molar-refractivity contribution >= 4 is 0 Å². The summed E-state index contributed by atoms with van der Waals surface area (Å²) in [5.41, 5.74) is 7.98. The Morgan fingerprint density at radius 1 is 1.00 bits per heavy atom. The van der Waals surface area contributed by atoms with Gasteiger partial charge in [-0.2, -0.15) is 0 Å². The maximum Gasteiger partial charge on any atom is 0.0718 e. The zero-order valence-electron chi connectivity index (χ0n) is 11.5. The van der Waals surface area contributed by atoms with Crippen molar-refractivity contribution in [2.75, 3.05) is 26.4 Å². The number of hydrogen-bond donors (Lipinski definition) is 1. The van der Waals surface area contributed by atoms with Gasteiger partial charge in [-0.25, -0.2) is 0 Å². The summed E-state index contributed by atoms with van der Waals surface area (Å²) in [7, 11) is 0. The molecule has 0 aromatic heterocycles. The van der Waals surface area contributed by atoms with Gasteiger partial charge >= 0.3 is 0 Å². The fourth-order valence-electron chi connectivity index (χ4n) is 1.60. The minimum Gasteiger partial charge on any atom is -0.379 e. The first-order chi connectivity index (χ1) is 8.72. The summed E-state index contributed by atoms with van der Waals surface area (Å²) in [5, 5.41) is 0. The van der Waals surface area contributed by atoms with E-state index >= 15 is 0 Å². The van der Waals surface area contributed by atoms with E-state index in [1.165, 1.54) is 11.1 Å². The normalized spacial score (nSPS) is 11.1. The number of benzene rings is 1. The van der Waals surface area contributed by atoms with Crippen molar-refractivity contribution < 1.29 is 9.47 Å². The lowest BCUT2D eigenvalue weighted by Gasteiger charge is -2.08. The molecule has 0 unspecified atom stereocenters. The molecule has 0 aliphatic carbocycles. The smallest absolute Gasteiger partial charge is 0.0718 e. The first-order valence-electron chi connectivity index (χ1n) is 6.65. The molecular formula is C15H25NO2. The van der Waals surface area contributed by atoms with Gasteiger partial charge in [-0.05, 0) is 30.0 Å². The molecule has 0 spiro atoms. The Bertz CT molecular complexity index is 309. The molecule has 0 aliphatic heterocycles. The molecule has 3 heteroatoms. The van der Waals surface area contributed by atoms with Gasteiger partial charge in [0.15, 0.2) is 0 Å². The number of rotatable bonds is 9. The largest absolute Gasteiger partial charge is 0.379 e. The number of hydrogen-bond acceptors (Lipinski definition) is 3. The van der Waals surface area contributed by atoms with E-state index in [4.69, 9.17) is 15.2 Å². The summed E-state index contributed by atoms with van der Waals surface area (Å²) in [6, 6.07) is 8.42. The van der Waals surface area contributed by atoms with Crippen LogP contribution >= 0.6 is 0 Å². The van der Waals surface area contributed by atoms with Crippen LogP contribution in [-0.2, 0) is 22.5 Å². The molecule has 3 nitrogen and oxygen atoms in total. The molecule has 18 heavy (non-hydrogen) atoms. The Morgan fingerprint density at radius 3 is 2.22 bits per heavy atom. The molecule has 0 saturated carbocycles. The predicted molar refractivity (Wildman–Crippen MR) is 74.5 cm³/mol. The minimum atomic E-state index is 0.583. The van der Waals surface area contributed by atoms with E-state index in [1.807, 2.05) is 0 Å². The van der Waals surface area contributed by atoms with Crippen molar-refractivity contribution in [3.63, 3.8) is 0 Å². The molecule has 2 N–H and O–H groups in total. The molecule has 1 rings (SSSR count). The first-order valence-corrected chi connectivity index (χ1v) is 6.65. The Labute approximate surface area is 110 Å². The molecule has 0 fully saturated rings. The van der Waals surface area contributed by atoms with Crippen LogP contribution in [0.1, 0.15) is 25.0 Å². The van der Waals surface area contributed by atoms with Crippen molar-refractivity contribution in [3.8, 4) is 0 Å². The van der Waals surface area contributed by atoms with Crippen molar-refractivity contribution in [3.05, 3.63) is 35.4 Å². The van der Waals surface area contributed by atoms with Crippen molar-refractivity contribution in [1.82, 2.24) is 0 Å². The van der Waals surface area contributed by atoms with Crippen molar-refractivity contribution in [2.24, 2.45) is 11.7 Å². The van der Waals surface area contributed by atoms with Gasteiger partial charge in [-0.3, -0.25) is 0 Å². The zero-order valence-corrected chi connectivity index (χ0v) is 11.5. The molecule has 0 aliphatic rings. The van der Waals surface area contributed by atoms with Gasteiger partial charge in [0.1, 0.15) is 0 Å². The summed E-state index contributed by atoms with van der Waals surface area (Å²) in [4.78, 5) is 0. The lowest BCUT2D eigenvalue weighted by atomic mass is 10.1. The molecule has 0 saturated heterocycles. The molecule has 1 aromatic carbocycles.